The van der Waals surface area contributed by atoms with Gasteiger partial charge in [-0.05, 0) is 25.7 Å². The Morgan fingerprint density at radius 1 is 1.38 bits per heavy atom. The monoisotopic (exact) mass is 418 g/mol. The number of thioether (sulfide) groups is 1. The highest BCUT2D eigenvalue weighted by atomic mass is 79.9. The Kier molecular flexibility index (Phi) is 5.77. The van der Waals surface area contributed by atoms with Crippen molar-refractivity contribution < 1.29 is 46.9 Å². The van der Waals surface area contributed by atoms with Crippen LogP contribution in [0.25, 0.3) is 0 Å². The second kappa shape index (κ2) is 7.28. The summed E-state index contributed by atoms with van der Waals surface area (Å²) in [6, 6.07) is 0. The number of hydrogen-bond donors (Lipinski definition) is 2. The van der Waals surface area contributed by atoms with Gasteiger partial charge in [0, 0.05) is 6.92 Å². The third kappa shape index (κ3) is 3.12. The molecule has 1 saturated carbocycles. The van der Waals surface area contributed by atoms with Crippen LogP contribution in [0.15, 0.2) is 22.4 Å². The molecule has 1 amide bonds. The molecule has 0 aromatic carbocycles. The van der Waals surface area contributed by atoms with Crippen LogP contribution in [-0.2, 0) is 19.1 Å². The van der Waals surface area contributed by atoms with Crippen molar-refractivity contribution in [3.8, 4) is 0 Å². The largest absolute Gasteiger partial charge is 1.00 e. The van der Waals surface area contributed by atoms with Gasteiger partial charge >= 0.3 is 11.9 Å². The van der Waals surface area contributed by atoms with Crippen molar-refractivity contribution in [2.24, 2.45) is 0 Å². The fraction of sp³-hybridized carbons (Fsp3) is 0.533. The van der Waals surface area contributed by atoms with Crippen LogP contribution in [0.5, 0.6) is 0 Å². The number of carbonyl (C=O) groups is 3. The molecule has 0 aromatic heterocycles. The molecular weight excluding hydrogens is 400 g/mol. The number of carboxylic acid groups (broad SMARTS) is 1. The molecule has 3 aliphatic rings. The van der Waals surface area contributed by atoms with Gasteiger partial charge in [-0.15, -0.1) is 0 Å². The van der Waals surface area contributed by atoms with E-state index in [-0.39, 0.29) is 45.9 Å². The third-order valence-electron chi connectivity index (χ3n) is 4.38. The summed E-state index contributed by atoms with van der Waals surface area (Å²) in [6.45, 7) is 1.11. The fourth-order valence-corrected chi connectivity index (χ4v) is 4.66. The van der Waals surface area contributed by atoms with Crippen LogP contribution in [0.3, 0.4) is 0 Å². The molecule has 132 valence electrons. The number of hydrogen-bond acceptors (Lipinski definition) is 5. The second-order valence-corrected chi connectivity index (χ2v) is 7.12. The lowest BCUT2D eigenvalue weighted by molar-refractivity contribution is -0.375. The number of esters is 1. The van der Waals surface area contributed by atoms with Crippen molar-refractivity contribution in [2.45, 2.75) is 43.4 Å². The van der Waals surface area contributed by atoms with Gasteiger partial charge in [0.15, 0.2) is 5.37 Å². The molecule has 0 bridgehead atoms. The summed E-state index contributed by atoms with van der Waals surface area (Å²) < 4.78 is 4.94. The molecule has 3 rings (SSSR count). The Bertz CT molecular complexity index is 652. The molecule has 7 nitrogen and oxygen atoms in total. The first kappa shape index (κ1) is 19.0. The van der Waals surface area contributed by atoms with E-state index in [0.717, 1.165) is 36.8 Å². The van der Waals surface area contributed by atoms with E-state index >= 15 is 0 Å². The average Bonchev–Trinajstić information content (AvgIpc) is 2.98. The van der Waals surface area contributed by atoms with E-state index in [1.54, 1.807) is 0 Å². The minimum absolute atomic E-state index is 0. The summed E-state index contributed by atoms with van der Waals surface area (Å²) >= 11 is 1.44. The second-order valence-electron chi connectivity index (χ2n) is 5.84. The van der Waals surface area contributed by atoms with Gasteiger partial charge in [-0.2, -0.15) is 0 Å². The van der Waals surface area contributed by atoms with Crippen molar-refractivity contribution in [3.05, 3.63) is 22.4 Å². The number of allylic oxidation sites excluding steroid dienone is 1. The lowest BCUT2D eigenvalue weighted by Crippen LogP contribution is -3.00. The summed E-state index contributed by atoms with van der Waals surface area (Å²) in [5.74, 6) is -1.91. The van der Waals surface area contributed by atoms with Gasteiger partial charge in [0.2, 0.25) is 0 Å². The lowest BCUT2D eigenvalue weighted by atomic mass is 9.95. The average molecular weight is 419 g/mol. The molecule has 1 aliphatic carbocycles. The van der Waals surface area contributed by atoms with Crippen LogP contribution in [0.4, 0.5) is 0 Å². The minimum Gasteiger partial charge on any atom is -1.00 e. The number of nitrogens with zero attached hydrogens (tertiary/aromatic N) is 1. The third-order valence-corrected chi connectivity index (χ3v) is 5.70. The molecule has 0 radical (unpaired) electrons. The number of halogens is 1. The molecule has 9 heteroatoms. The van der Waals surface area contributed by atoms with Gasteiger partial charge < -0.3 is 32.6 Å². The maximum absolute atomic E-state index is 12.5. The first-order valence-corrected chi connectivity index (χ1v) is 8.49. The Labute approximate surface area is 154 Å². The maximum Gasteiger partial charge on any atom is 0.353 e. The highest BCUT2D eigenvalue weighted by molar-refractivity contribution is 8.00. The Morgan fingerprint density at radius 2 is 2.00 bits per heavy atom. The van der Waals surface area contributed by atoms with E-state index in [1.807, 2.05) is 0 Å². The highest BCUT2D eigenvalue weighted by Gasteiger charge is 2.54. The zero-order chi connectivity index (χ0) is 16.7. The van der Waals surface area contributed by atoms with Gasteiger partial charge in [0.05, 0.1) is 11.1 Å². The predicted octanol–water partition coefficient (Wildman–Crippen LogP) is -2.75. The van der Waals surface area contributed by atoms with Crippen LogP contribution in [-0.4, -0.2) is 45.2 Å². The number of aliphatic carboxylic acids is 1. The number of quaternary nitrogens is 1. The Morgan fingerprint density at radius 3 is 2.54 bits per heavy atom. The summed E-state index contributed by atoms with van der Waals surface area (Å²) in [5, 5.41) is 8.90. The minimum atomic E-state index is -1.19. The summed E-state index contributed by atoms with van der Waals surface area (Å²) in [4.78, 5) is 36.5. The molecule has 4 N–H and O–H groups in total. The van der Waals surface area contributed by atoms with E-state index in [0.29, 0.717) is 5.57 Å². The van der Waals surface area contributed by atoms with Crippen molar-refractivity contribution in [1.82, 2.24) is 4.90 Å². The van der Waals surface area contributed by atoms with Crippen molar-refractivity contribution in [3.63, 3.8) is 0 Å². The quantitative estimate of drug-likeness (QED) is 0.292. The zero-order valence-electron chi connectivity index (χ0n) is 13.2. The van der Waals surface area contributed by atoms with Gasteiger partial charge in [-0.25, -0.2) is 4.79 Å². The molecular formula is C15H19BrN2O5S. The van der Waals surface area contributed by atoms with Crippen LogP contribution in [0, 0.1) is 0 Å². The molecule has 2 fully saturated rings. The molecule has 2 aliphatic heterocycles. The van der Waals surface area contributed by atoms with Crippen LogP contribution in [0.2, 0.25) is 0 Å². The SMILES string of the molecule is CC(=O)OCC1=C(C(=O)O)N2C(=O)C(=C3CCCC3)[C@H]2SC1[NH3+].[Br-]. The standard InChI is InChI=1S/C15H18N2O5S.BrH/c1-7(18)22-6-9-11(15(20)21)17-13(19)10(8-4-2-3-5-8)14(17)23-12(9)16;/h12,14H,2-6,16H2,1H3,(H,20,21);1H/t12?,14-;/m1./s1. The van der Waals surface area contributed by atoms with Crippen LogP contribution in [0.1, 0.15) is 32.6 Å². The number of β-lactam (4-membered cyclic amide) rings is 1. The molecule has 2 atom stereocenters. The molecule has 1 saturated heterocycles. The number of carboxylic acids is 1. The van der Waals surface area contributed by atoms with Gasteiger partial charge in [0.25, 0.3) is 5.91 Å². The van der Waals surface area contributed by atoms with Gasteiger partial charge in [-0.1, -0.05) is 17.3 Å². The fourth-order valence-electron chi connectivity index (χ4n) is 3.28. The van der Waals surface area contributed by atoms with E-state index in [2.05, 4.69) is 5.73 Å². The van der Waals surface area contributed by atoms with Crippen LogP contribution >= 0.6 is 11.8 Å². The Balaban J connectivity index is 0.00000208. The summed E-state index contributed by atoms with van der Waals surface area (Å²) in [6.07, 6.45) is 3.99. The molecule has 0 aromatic rings. The molecule has 1 unspecified atom stereocenters. The number of amides is 1. The number of carbonyl (C=O) groups excluding carboxylic acids is 2. The number of ether oxygens (including phenoxy) is 1. The van der Waals surface area contributed by atoms with Crippen molar-refractivity contribution in [1.29, 1.82) is 0 Å². The van der Waals surface area contributed by atoms with Gasteiger partial charge in [0.1, 0.15) is 17.7 Å². The van der Waals surface area contributed by atoms with E-state index in [9.17, 15) is 19.5 Å². The summed E-state index contributed by atoms with van der Waals surface area (Å²) in [7, 11) is 0. The normalized spacial score (nSPS) is 25.9. The zero-order valence-corrected chi connectivity index (χ0v) is 15.6. The maximum atomic E-state index is 12.5. The smallest absolute Gasteiger partial charge is 0.353 e. The molecule has 2 heterocycles. The number of fused-ring (bicyclic) bond motifs is 1. The van der Waals surface area contributed by atoms with Crippen molar-refractivity contribution in [2.75, 3.05) is 6.61 Å². The van der Waals surface area contributed by atoms with Gasteiger partial charge in [-0.3, -0.25) is 14.5 Å². The first-order valence-electron chi connectivity index (χ1n) is 7.55. The summed E-state index contributed by atoms with van der Waals surface area (Å²) in [5.41, 5.74) is 6.19. The van der Waals surface area contributed by atoms with Crippen molar-refractivity contribution >= 4 is 29.6 Å². The molecule has 0 spiro atoms. The van der Waals surface area contributed by atoms with Crippen LogP contribution < -0.4 is 22.7 Å². The lowest BCUT2D eigenvalue weighted by Gasteiger charge is -2.47. The highest BCUT2D eigenvalue weighted by Crippen LogP contribution is 2.48. The Hall–Kier alpha value is -1.32. The van der Waals surface area contributed by atoms with E-state index in [4.69, 9.17) is 4.74 Å². The van der Waals surface area contributed by atoms with E-state index < -0.39 is 11.9 Å². The molecule has 24 heavy (non-hydrogen) atoms. The topological polar surface area (TPSA) is 112 Å². The van der Waals surface area contributed by atoms with E-state index in [1.165, 1.54) is 23.6 Å². The predicted molar refractivity (Wildman–Crippen MR) is 81.7 cm³/mol. The number of rotatable bonds is 3. The first-order chi connectivity index (χ1) is 10.9.